The molecule has 0 N–H and O–H groups in total. The van der Waals surface area contributed by atoms with Crippen LogP contribution in [0, 0.1) is 11.6 Å². The van der Waals surface area contributed by atoms with Crippen molar-refractivity contribution >= 4 is 18.7 Å². The molecule has 2 nitrogen and oxygen atoms in total. The van der Waals surface area contributed by atoms with Crippen LogP contribution in [0.2, 0.25) is 5.04 Å². The largest absolute Gasteiger partial charge is 0.407 e. The van der Waals surface area contributed by atoms with E-state index < -0.39 is 20.0 Å². The molecule has 0 bridgehead atoms. The van der Waals surface area contributed by atoms with Crippen LogP contribution in [-0.2, 0) is 15.8 Å². The number of hydrogen-bond donors (Lipinski definition) is 0. The van der Waals surface area contributed by atoms with Gasteiger partial charge in [0.2, 0.25) is 0 Å². The fraction of sp³-hybridized carbons (Fsp3) is 0.310. The minimum Gasteiger partial charge on any atom is -0.407 e. The summed E-state index contributed by atoms with van der Waals surface area (Å²) in [7, 11) is -2.61. The van der Waals surface area contributed by atoms with Gasteiger partial charge in [0.1, 0.15) is 0 Å². The van der Waals surface area contributed by atoms with Crippen LogP contribution < -0.4 is 10.4 Å². The second-order valence-electron chi connectivity index (χ2n) is 9.51. The van der Waals surface area contributed by atoms with E-state index in [9.17, 15) is 8.78 Å². The molecular weight excluding hydrogens is 446 g/mol. The van der Waals surface area contributed by atoms with Gasteiger partial charge < -0.3 is 9.16 Å². The highest BCUT2D eigenvalue weighted by atomic mass is 28.4. The van der Waals surface area contributed by atoms with E-state index in [2.05, 4.69) is 75.9 Å². The van der Waals surface area contributed by atoms with E-state index >= 15 is 0 Å². The van der Waals surface area contributed by atoms with Gasteiger partial charge >= 0.3 is 0 Å². The van der Waals surface area contributed by atoms with Crippen LogP contribution >= 0.6 is 0 Å². The predicted molar refractivity (Wildman–Crippen MR) is 138 cm³/mol. The van der Waals surface area contributed by atoms with Gasteiger partial charge in [-0.25, -0.2) is 8.78 Å². The molecule has 0 aliphatic carbocycles. The van der Waals surface area contributed by atoms with Crippen molar-refractivity contribution in [2.75, 3.05) is 6.61 Å². The first-order chi connectivity index (χ1) is 16.3. The third-order valence-corrected chi connectivity index (χ3v) is 11.1. The fourth-order valence-corrected chi connectivity index (χ4v) is 8.98. The van der Waals surface area contributed by atoms with Crippen molar-refractivity contribution in [3.63, 3.8) is 0 Å². The zero-order valence-corrected chi connectivity index (χ0v) is 21.3. The lowest BCUT2D eigenvalue weighted by atomic mass is 10.2. The first-order valence-corrected chi connectivity index (χ1v) is 13.6. The average Bonchev–Trinajstić information content (AvgIpc) is 2.82. The standard InChI is InChI=1S/C29H34F2O2Si/c1-5-12-24(32-22-23-17-18-27(30)28(31)21-23)19-20-33-34(29(2,3)4,25-13-8-6-9-14-25)26-15-10-7-11-16-26/h5-11,13-18,21,24H,1,12,19-20,22H2,2-4H3. The molecule has 0 radical (unpaired) electrons. The Morgan fingerprint density at radius 3 is 1.97 bits per heavy atom. The van der Waals surface area contributed by atoms with Crippen LogP contribution in [0.5, 0.6) is 0 Å². The van der Waals surface area contributed by atoms with Crippen molar-refractivity contribution in [2.45, 2.75) is 51.4 Å². The molecule has 3 rings (SSSR count). The topological polar surface area (TPSA) is 18.5 Å². The maximum Gasteiger partial charge on any atom is 0.261 e. The van der Waals surface area contributed by atoms with E-state index in [0.717, 1.165) is 6.07 Å². The monoisotopic (exact) mass is 480 g/mol. The van der Waals surface area contributed by atoms with E-state index in [1.807, 2.05) is 18.2 Å². The molecule has 34 heavy (non-hydrogen) atoms. The first-order valence-electron chi connectivity index (χ1n) is 11.7. The van der Waals surface area contributed by atoms with Gasteiger partial charge in [0.25, 0.3) is 8.32 Å². The summed E-state index contributed by atoms with van der Waals surface area (Å²) in [4.78, 5) is 0. The molecule has 3 aromatic carbocycles. The summed E-state index contributed by atoms with van der Waals surface area (Å²) in [6, 6.07) is 24.9. The molecule has 1 unspecified atom stereocenters. The van der Waals surface area contributed by atoms with Crippen LogP contribution in [0.1, 0.15) is 39.2 Å². The van der Waals surface area contributed by atoms with E-state index in [1.165, 1.54) is 16.4 Å². The number of rotatable bonds is 11. The molecule has 0 aromatic heterocycles. The van der Waals surface area contributed by atoms with Gasteiger partial charge in [-0.05, 0) is 45.9 Å². The quantitative estimate of drug-likeness (QED) is 0.234. The number of benzene rings is 3. The molecule has 3 aromatic rings. The third-order valence-electron chi connectivity index (χ3n) is 6.07. The van der Waals surface area contributed by atoms with Crippen molar-refractivity contribution in [2.24, 2.45) is 0 Å². The predicted octanol–water partition coefficient (Wildman–Crippen LogP) is 6.39. The van der Waals surface area contributed by atoms with Gasteiger partial charge in [-0.1, -0.05) is 93.6 Å². The fourth-order valence-electron chi connectivity index (χ4n) is 4.40. The molecule has 0 saturated carbocycles. The smallest absolute Gasteiger partial charge is 0.261 e. The van der Waals surface area contributed by atoms with Crippen molar-refractivity contribution < 1.29 is 17.9 Å². The van der Waals surface area contributed by atoms with Gasteiger partial charge in [0.15, 0.2) is 11.6 Å². The van der Waals surface area contributed by atoms with Gasteiger partial charge in [0, 0.05) is 6.61 Å². The molecule has 180 valence electrons. The summed E-state index contributed by atoms with van der Waals surface area (Å²) in [5, 5.41) is 2.37. The summed E-state index contributed by atoms with van der Waals surface area (Å²) in [6.45, 7) is 11.3. The van der Waals surface area contributed by atoms with Crippen molar-refractivity contribution in [3.8, 4) is 0 Å². The Balaban J connectivity index is 1.79. The maximum absolute atomic E-state index is 13.6. The highest BCUT2D eigenvalue weighted by molar-refractivity contribution is 6.99. The van der Waals surface area contributed by atoms with Crippen LogP contribution in [0.15, 0.2) is 91.5 Å². The second-order valence-corrected chi connectivity index (χ2v) is 13.8. The summed E-state index contributed by atoms with van der Waals surface area (Å²) < 4.78 is 39.8. The average molecular weight is 481 g/mol. The lowest BCUT2D eigenvalue weighted by Crippen LogP contribution is -2.66. The van der Waals surface area contributed by atoms with Crippen LogP contribution in [0.25, 0.3) is 0 Å². The molecule has 0 aliphatic heterocycles. The first kappa shape index (κ1) is 26.0. The Kier molecular flexibility index (Phi) is 8.95. The third kappa shape index (κ3) is 6.09. The van der Waals surface area contributed by atoms with Crippen LogP contribution in [-0.4, -0.2) is 21.0 Å². The Bertz CT molecular complexity index is 1010. The number of hydrogen-bond acceptors (Lipinski definition) is 2. The van der Waals surface area contributed by atoms with E-state index in [1.54, 1.807) is 6.07 Å². The number of ether oxygens (including phenoxy) is 1. The molecule has 0 saturated heterocycles. The zero-order chi connectivity index (χ0) is 24.6. The summed E-state index contributed by atoms with van der Waals surface area (Å²) in [5.74, 6) is -1.72. The Hall–Kier alpha value is -2.60. The molecule has 0 heterocycles. The summed E-state index contributed by atoms with van der Waals surface area (Å²) >= 11 is 0. The van der Waals surface area contributed by atoms with Crippen molar-refractivity contribution in [1.82, 2.24) is 0 Å². The molecule has 0 amide bonds. The maximum atomic E-state index is 13.6. The van der Waals surface area contributed by atoms with Gasteiger partial charge in [-0.15, -0.1) is 6.58 Å². The van der Waals surface area contributed by atoms with Crippen molar-refractivity contribution in [3.05, 3.63) is 109 Å². The SMILES string of the molecule is C=CCC(CCO[Si](c1ccccc1)(c1ccccc1)C(C)(C)C)OCc1ccc(F)c(F)c1. The molecule has 5 heteroatoms. The van der Waals surface area contributed by atoms with E-state index in [-0.39, 0.29) is 17.7 Å². The number of halogens is 2. The van der Waals surface area contributed by atoms with E-state index in [4.69, 9.17) is 9.16 Å². The molecule has 0 fully saturated rings. The lowest BCUT2D eigenvalue weighted by Gasteiger charge is -2.43. The Morgan fingerprint density at radius 1 is 0.882 bits per heavy atom. The molecule has 1 atom stereocenters. The Morgan fingerprint density at radius 2 is 1.47 bits per heavy atom. The molecule has 0 spiro atoms. The van der Waals surface area contributed by atoms with Crippen molar-refractivity contribution in [1.29, 1.82) is 0 Å². The highest BCUT2D eigenvalue weighted by Crippen LogP contribution is 2.37. The minimum atomic E-state index is -2.61. The highest BCUT2D eigenvalue weighted by Gasteiger charge is 2.50. The van der Waals surface area contributed by atoms with Gasteiger partial charge in [0.05, 0.1) is 12.7 Å². The van der Waals surface area contributed by atoms with E-state index in [0.29, 0.717) is 25.0 Å². The Labute approximate surface area is 203 Å². The summed E-state index contributed by atoms with van der Waals surface area (Å²) in [6.07, 6.45) is 3.00. The summed E-state index contributed by atoms with van der Waals surface area (Å²) in [5.41, 5.74) is 0.598. The van der Waals surface area contributed by atoms with Crippen LogP contribution in [0.3, 0.4) is 0 Å². The second kappa shape index (κ2) is 11.7. The normalized spacial score (nSPS) is 13.0. The molecular formula is C29H34F2O2Si. The lowest BCUT2D eigenvalue weighted by molar-refractivity contribution is 0.0275. The van der Waals surface area contributed by atoms with Gasteiger partial charge in [-0.3, -0.25) is 0 Å². The van der Waals surface area contributed by atoms with Crippen LogP contribution in [0.4, 0.5) is 8.78 Å². The molecule has 0 aliphatic rings. The zero-order valence-electron chi connectivity index (χ0n) is 20.3. The van der Waals surface area contributed by atoms with Gasteiger partial charge in [-0.2, -0.15) is 0 Å². The minimum absolute atomic E-state index is 0.101.